The molecule has 1 aliphatic heterocycles. The van der Waals surface area contributed by atoms with Crippen LogP contribution >= 0.6 is 15.9 Å². The van der Waals surface area contributed by atoms with E-state index in [4.69, 9.17) is 4.74 Å². The van der Waals surface area contributed by atoms with Crippen LogP contribution in [0.15, 0.2) is 10.7 Å². The molecule has 0 radical (unpaired) electrons. The van der Waals surface area contributed by atoms with Crippen LogP contribution < -0.4 is 10.1 Å². The average Bonchev–Trinajstić information content (AvgIpc) is 2.89. The smallest absolute Gasteiger partial charge is 0.232 e. The molecule has 0 spiro atoms. The van der Waals surface area contributed by atoms with E-state index in [2.05, 4.69) is 36.1 Å². The number of methoxy groups -OCH3 is 1. The minimum atomic E-state index is 0.562. The van der Waals surface area contributed by atoms with E-state index >= 15 is 0 Å². The van der Waals surface area contributed by atoms with Crippen LogP contribution in [0.25, 0.3) is 0 Å². The second kappa shape index (κ2) is 6.89. The first-order chi connectivity index (χ1) is 8.79. The van der Waals surface area contributed by atoms with Crippen molar-refractivity contribution in [1.29, 1.82) is 0 Å². The van der Waals surface area contributed by atoms with Gasteiger partial charge in [-0.1, -0.05) is 0 Å². The molecule has 0 saturated carbocycles. The van der Waals surface area contributed by atoms with Crippen molar-refractivity contribution in [1.82, 2.24) is 14.9 Å². The maximum Gasteiger partial charge on any atom is 0.232 e. The highest BCUT2D eigenvalue weighted by Gasteiger charge is 2.10. The number of anilines is 1. The van der Waals surface area contributed by atoms with Crippen molar-refractivity contribution in [3.8, 4) is 5.88 Å². The Balaban J connectivity index is 1.72. The predicted molar refractivity (Wildman–Crippen MR) is 75.1 cm³/mol. The molecular weight excluding hydrogens is 296 g/mol. The highest BCUT2D eigenvalue weighted by molar-refractivity contribution is 9.10. The van der Waals surface area contributed by atoms with E-state index < -0.39 is 0 Å². The van der Waals surface area contributed by atoms with Crippen LogP contribution in [-0.4, -0.2) is 48.2 Å². The van der Waals surface area contributed by atoms with Crippen LogP contribution in [0.1, 0.15) is 19.3 Å². The molecule has 2 rings (SSSR count). The lowest BCUT2D eigenvalue weighted by atomic mass is 10.4. The number of hydrogen-bond donors (Lipinski definition) is 1. The predicted octanol–water partition coefficient (Wildman–Crippen LogP) is 2.15. The van der Waals surface area contributed by atoms with Crippen LogP contribution in [0.5, 0.6) is 5.88 Å². The molecule has 2 heterocycles. The molecule has 1 aliphatic rings. The van der Waals surface area contributed by atoms with Crippen molar-refractivity contribution in [2.75, 3.05) is 38.6 Å². The van der Waals surface area contributed by atoms with Gasteiger partial charge in [-0.25, -0.2) is 4.98 Å². The molecule has 0 aliphatic carbocycles. The fraction of sp³-hybridized carbons (Fsp3) is 0.667. The second-order valence-electron chi connectivity index (χ2n) is 4.38. The van der Waals surface area contributed by atoms with Gasteiger partial charge in [0.25, 0.3) is 0 Å². The van der Waals surface area contributed by atoms with Gasteiger partial charge in [-0.05, 0) is 54.8 Å². The zero-order valence-corrected chi connectivity index (χ0v) is 12.2. The van der Waals surface area contributed by atoms with Crippen molar-refractivity contribution in [3.05, 3.63) is 10.7 Å². The number of ether oxygens (including phenoxy) is 1. The summed E-state index contributed by atoms with van der Waals surface area (Å²) < 4.78 is 5.90. The standard InChI is InChI=1S/C12H19BrN4O/c1-18-11-10(13)9-15-12(16-11)14-5-4-8-17-6-2-3-7-17/h9H,2-8H2,1H3,(H,14,15,16). The fourth-order valence-corrected chi connectivity index (χ4v) is 2.44. The Hall–Kier alpha value is -0.880. The molecule has 5 nitrogen and oxygen atoms in total. The van der Waals surface area contributed by atoms with Gasteiger partial charge in [0, 0.05) is 6.54 Å². The fourth-order valence-electron chi connectivity index (χ4n) is 2.09. The van der Waals surface area contributed by atoms with Gasteiger partial charge in [-0.2, -0.15) is 4.98 Å². The molecular formula is C12H19BrN4O. The molecule has 0 atom stereocenters. The molecule has 6 heteroatoms. The van der Waals surface area contributed by atoms with Crippen LogP contribution in [0.2, 0.25) is 0 Å². The normalized spacial score (nSPS) is 15.9. The summed E-state index contributed by atoms with van der Waals surface area (Å²) in [5.41, 5.74) is 0. The molecule has 0 unspecified atom stereocenters. The molecule has 18 heavy (non-hydrogen) atoms. The van der Waals surface area contributed by atoms with E-state index in [0.29, 0.717) is 11.8 Å². The number of nitrogens with one attached hydrogen (secondary N) is 1. The number of nitrogens with zero attached hydrogens (tertiary/aromatic N) is 3. The molecule has 1 fully saturated rings. The lowest BCUT2D eigenvalue weighted by molar-refractivity contribution is 0.337. The van der Waals surface area contributed by atoms with Gasteiger partial charge in [-0.15, -0.1) is 0 Å². The summed E-state index contributed by atoms with van der Waals surface area (Å²) in [4.78, 5) is 11.0. The average molecular weight is 315 g/mol. The molecule has 1 aromatic heterocycles. The van der Waals surface area contributed by atoms with E-state index in [-0.39, 0.29) is 0 Å². The topological polar surface area (TPSA) is 50.3 Å². The summed E-state index contributed by atoms with van der Waals surface area (Å²) in [6, 6.07) is 0. The maximum absolute atomic E-state index is 5.13. The number of aromatic nitrogens is 2. The Morgan fingerprint density at radius 1 is 1.44 bits per heavy atom. The number of likely N-dealkylation sites (tertiary alicyclic amines) is 1. The second-order valence-corrected chi connectivity index (χ2v) is 5.23. The van der Waals surface area contributed by atoms with Crippen LogP contribution in [0.4, 0.5) is 5.95 Å². The third kappa shape index (κ3) is 3.81. The molecule has 0 bridgehead atoms. The number of rotatable bonds is 6. The van der Waals surface area contributed by atoms with E-state index in [9.17, 15) is 0 Å². The highest BCUT2D eigenvalue weighted by atomic mass is 79.9. The molecule has 0 aromatic carbocycles. The maximum atomic E-state index is 5.13. The van der Waals surface area contributed by atoms with Crippen molar-refractivity contribution >= 4 is 21.9 Å². The molecule has 100 valence electrons. The monoisotopic (exact) mass is 314 g/mol. The highest BCUT2D eigenvalue weighted by Crippen LogP contribution is 2.21. The molecule has 0 amide bonds. The van der Waals surface area contributed by atoms with Crippen molar-refractivity contribution in [2.24, 2.45) is 0 Å². The van der Waals surface area contributed by atoms with Crippen LogP contribution in [0.3, 0.4) is 0 Å². The van der Waals surface area contributed by atoms with Crippen LogP contribution in [0, 0.1) is 0 Å². The third-order valence-electron chi connectivity index (χ3n) is 3.04. The van der Waals surface area contributed by atoms with Crippen molar-refractivity contribution in [2.45, 2.75) is 19.3 Å². The lowest BCUT2D eigenvalue weighted by Crippen LogP contribution is -2.22. The number of hydrogen-bond acceptors (Lipinski definition) is 5. The van der Waals surface area contributed by atoms with Gasteiger partial charge in [0.05, 0.1) is 17.8 Å². The Labute approximate surface area is 116 Å². The molecule has 1 N–H and O–H groups in total. The van der Waals surface area contributed by atoms with Gasteiger partial charge >= 0.3 is 0 Å². The summed E-state index contributed by atoms with van der Waals surface area (Å²) in [6.45, 7) is 4.55. The van der Waals surface area contributed by atoms with Gasteiger partial charge in [-0.3, -0.25) is 0 Å². The lowest BCUT2D eigenvalue weighted by Gasteiger charge is -2.14. The largest absolute Gasteiger partial charge is 0.480 e. The number of halogens is 1. The minimum absolute atomic E-state index is 0.562. The minimum Gasteiger partial charge on any atom is -0.480 e. The zero-order chi connectivity index (χ0) is 12.8. The van der Waals surface area contributed by atoms with E-state index in [1.54, 1.807) is 13.3 Å². The Morgan fingerprint density at radius 2 is 2.22 bits per heavy atom. The van der Waals surface area contributed by atoms with Gasteiger partial charge < -0.3 is 15.0 Å². The summed E-state index contributed by atoms with van der Waals surface area (Å²) in [6.07, 6.45) is 5.51. The quantitative estimate of drug-likeness (QED) is 0.815. The summed E-state index contributed by atoms with van der Waals surface area (Å²) in [5, 5.41) is 3.22. The summed E-state index contributed by atoms with van der Waals surface area (Å²) >= 11 is 3.33. The first-order valence-electron chi connectivity index (χ1n) is 6.32. The SMILES string of the molecule is COc1nc(NCCCN2CCCC2)ncc1Br. The Bertz CT molecular complexity index is 382. The summed E-state index contributed by atoms with van der Waals surface area (Å²) in [7, 11) is 1.60. The zero-order valence-electron chi connectivity index (χ0n) is 10.7. The van der Waals surface area contributed by atoms with Crippen LogP contribution in [-0.2, 0) is 0 Å². The van der Waals surface area contributed by atoms with E-state index in [1.807, 2.05) is 0 Å². The van der Waals surface area contributed by atoms with Gasteiger partial charge in [0.2, 0.25) is 11.8 Å². The Morgan fingerprint density at radius 3 is 2.94 bits per heavy atom. The van der Waals surface area contributed by atoms with E-state index in [1.165, 1.54) is 25.9 Å². The van der Waals surface area contributed by atoms with E-state index in [0.717, 1.165) is 24.0 Å². The molecule has 1 aromatic rings. The summed E-state index contributed by atoms with van der Waals surface area (Å²) in [5.74, 6) is 1.18. The Kier molecular flexibility index (Phi) is 5.19. The first-order valence-corrected chi connectivity index (χ1v) is 7.11. The third-order valence-corrected chi connectivity index (χ3v) is 3.58. The van der Waals surface area contributed by atoms with Crippen molar-refractivity contribution in [3.63, 3.8) is 0 Å². The molecule has 1 saturated heterocycles. The van der Waals surface area contributed by atoms with Crippen molar-refractivity contribution < 1.29 is 4.74 Å². The van der Waals surface area contributed by atoms with Gasteiger partial charge in [0.15, 0.2) is 0 Å². The van der Waals surface area contributed by atoms with Gasteiger partial charge in [0.1, 0.15) is 0 Å². The first kappa shape index (κ1) is 13.5.